The number of nitrogens with zero attached hydrogens (tertiary/aromatic N) is 3. The van der Waals surface area contributed by atoms with Crippen LogP contribution in [0.15, 0.2) is 42.6 Å². The number of rotatable bonds is 4. The molecule has 0 spiro atoms. The van der Waals surface area contributed by atoms with Gasteiger partial charge in [0.15, 0.2) is 5.65 Å². The molecule has 2 unspecified atom stereocenters. The van der Waals surface area contributed by atoms with E-state index < -0.39 is 0 Å². The van der Waals surface area contributed by atoms with Gasteiger partial charge in [-0.2, -0.15) is 0 Å². The quantitative estimate of drug-likeness (QED) is 0.795. The molecule has 0 saturated heterocycles. The minimum Gasteiger partial charge on any atom is -0.489 e. The summed E-state index contributed by atoms with van der Waals surface area (Å²) >= 11 is 0. The minimum atomic E-state index is -0.119. The van der Waals surface area contributed by atoms with Gasteiger partial charge >= 0.3 is 0 Å². The van der Waals surface area contributed by atoms with Crippen LogP contribution in [0.4, 0.5) is 0 Å². The van der Waals surface area contributed by atoms with Gasteiger partial charge in [0.05, 0.1) is 5.56 Å². The summed E-state index contributed by atoms with van der Waals surface area (Å²) in [5, 5.41) is 11.3. The predicted molar refractivity (Wildman–Crippen MR) is 94.0 cm³/mol. The molecule has 0 saturated carbocycles. The van der Waals surface area contributed by atoms with Crippen molar-refractivity contribution in [2.75, 3.05) is 6.54 Å². The number of amides is 1. The molecular weight excluding hydrogens is 316 g/mol. The van der Waals surface area contributed by atoms with Crippen LogP contribution in [0.25, 0.3) is 5.65 Å². The molecule has 2 atom stereocenters. The van der Waals surface area contributed by atoms with Crippen LogP contribution in [0, 0.1) is 0 Å². The summed E-state index contributed by atoms with van der Waals surface area (Å²) in [5.74, 6) is 1.72. The summed E-state index contributed by atoms with van der Waals surface area (Å²) in [6, 6.07) is 11.5. The first-order valence-corrected chi connectivity index (χ1v) is 8.51. The number of fused-ring (bicyclic) bond motifs is 2. The Bertz CT molecular complexity index is 934. The van der Waals surface area contributed by atoms with E-state index in [4.69, 9.17) is 4.74 Å². The average molecular weight is 336 g/mol. The Morgan fingerprint density at radius 2 is 2.08 bits per heavy atom. The van der Waals surface area contributed by atoms with Crippen LogP contribution in [0.2, 0.25) is 0 Å². The van der Waals surface area contributed by atoms with E-state index in [2.05, 4.69) is 22.4 Å². The largest absolute Gasteiger partial charge is 0.489 e. The van der Waals surface area contributed by atoms with E-state index >= 15 is 0 Å². The van der Waals surface area contributed by atoms with Gasteiger partial charge < -0.3 is 10.1 Å². The zero-order valence-electron chi connectivity index (χ0n) is 14.3. The maximum absolute atomic E-state index is 12.6. The van der Waals surface area contributed by atoms with Crippen molar-refractivity contribution in [1.82, 2.24) is 19.9 Å². The number of pyridine rings is 1. The predicted octanol–water partition coefficient (Wildman–Crippen LogP) is 2.59. The Balaban J connectivity index is 1.45. The molecule has 3 heterocycles. The van der Waals surface area contributed by atoms with Crippen molar-refractivity contribution < 1.29 is 9.53 Å². The highest BCUT2D eigenvalue weighted by atomic mass is 16.5. The number of aromatic nitrogens is 3. The van der Waals surface area contributed by atoms with Gasteiger partial charge in [-0.1, -0.05) is 25.1 Å². The lowest BCUT2D eigenvalue weighted by atomic mass is 9.97. The van der Waals surface area contributed by atoms with Crippen LogP contribution in [-0.4, -0.2) is 33.2 Å². The molecule has 0 fully saturated rings. The van der Waals surface area contributed by atoms with Gasteiger partial charge in [-0.3, -0.25) is 9.20 Å². The van der Waals surface area contributed by atoms with E-state index in [9.17, 15) is 4.79 Å². The molecule has 0 radical (unpaired) electrons. The van der Waals surface area contributed by atoms with Gasteiger partial charge in [0.2, 0.25) is 0 Å². The first-order valence-electron chi connectivity index (χ1n) is 8.51. The molecule has 128 valence electrons. The Hall–Kier alpha value is -2.89. The second-order valence-corrected chi connectivity index (χ2v) is 6.39. The molecule has 6 nitrogen and oxygen atoms in total. The highest BCUT2D eigenvalue weighted by molar-refractivity contribution is 5.97. The molecule has 1 aliphatic rings. The molecule has 6 heteroatoms. The Kier molecular flexibility index (Phi) is 3.87. The summed E-state index contributed by atoms with van der Waals surface area (Å²) in [6.07, 6.45) is 2.62. The van der Waals surface area contributed by atoms with Crippen molar-refractivity contribution in [3.63, 3.8) is 0 Å². The number of nitrogens with one attached hydrogen (secondary N) is 1. The number of carbonyl (C=O) groups excluding carboxylic acids is 1. The number of hydrogen-bond acceptors (Lipinski definition) is 4. The second kappa shape index (κ2) is 6.20. The maximum atomic E-state index is 12.6. The van der Waals surface area contributed by atoms with E-state index in [1.54, 1.807) is 0 Å². The lowest BCUT2D eigenvalue weighted by Crippen LogP contribution is -2.26. The second-order valence-electron chi connectivity index (χ2n) is 6.39. The van der Waals surface area contributed by atoms with Gasteiger partial charge in [0.1, 0.15) is 17.7 Å². The van der Waals surface area contributed by atoms with Crippen molar-refractivity contribution >= 4 is 11.6 Å². The number of hydrogen-bond donors (Lipinski definition) is 1. The lowest BCUT2D eigenvalue weighted by Gasteiger charge is -2.10. The highest BCUT2D eigenvalue weighted by Gasteiger charge is 2.30. The fourth-order valence-corrected chi connectivity index (χ4v) is 3.21. The van der Waals surface area contributed by atoms with Gasteiger partial charge in [-0.15, -0.1) is 10.2 Å². The van der Waals surface area contributed by atoms with Crippen molar-refractivity contribution in [2.24, 2.45) is 0 Å². The van der Waals surface area contributed by atoms with Gasteiger partial charge in [-0.25, -0.2) is 0 Å². The summed E-state index contributed by atoms with van der Waals surface area (Å²) in [6.45, 7) is 4.64. The Labute approximate surface area is 145 Å². The van der Waals surface area contributed by atoms with Crippen LogP contribution in [0.3, 0.4) is 0 Å². The molecule has 2 aromatic heterocycles. The van der Waals surface area contributed by atoms with Crippen LogP contribution >= 0.6 is 0 Å². The van der Waals surface area contributed by atoms with E-state index in [0.717, 1.165) is 17.0 Å². The molecule has 1 N–H and O–H groups in total. The third kappa shape index (κ3) is 2.73. The third-order valence-electron chi connectivity index (χ3n) is 4.81. The smallest absolute Gasteiger partial charge is 0.255 e. The monoisotopic (exact) mass is 336 g/mol. The molecule has 25 heavy (non-hydrogen) atoms. The zero-order chi connectivity index (χ0) is 17.4. The number of para-hydroxylation sites is 1. The Morgan fingerprint density at radius 1 is 1.20 bits per heavy atom. The third-order valence-corrected chi connectivity index (χ3v) is 4.81. The highest BCUT2D eigenvalue weighted by Crippen LogP contribution is 2.40. The molecule has 1 aromatic carbocycles. The fraction of sp³-hybridized carbons (Fsp3) is 0.316. The van der Waals surface area contributed by atoms with Gasteiger partial charge in [0, 0.05) is 30.6 Å². The number of ether oxygens (including phenoxy) is 1. The van der Waals surface area contributed by atoms with Crippen LogP contribution < -0.4 is 10.1 Å². The van der Waals surface area contributed by atoms with Gasteiger partial charge in [0.25, 0.3) is 5.91 Å². The summed E-state index contributed by atoms with van der Waals surface area (Å²) in [7, 11) is 0. The SMILES string of the molecule is CC1Oc2c(C(=O)NCCc3nnc4ccccn34)cccc2C1C. The van der Waals surface area contributed by atoms with Crippen LogP contribution in [0.1, 0.15) is 41.5 Å². The molecular formula is C19H20N4O2. The van der Waals surface area contributed by atoms with Crippen LogP contribution in [0.5, 0.6) is 5.75 Å². The van der Waals surface area contributed by atoms with Crippen LogP contribution in [-0.2, 0) is 6.42 Å². The van der Waals surface area contributed by atoms with Crippen molar-refractivity contribution in [3.8, 4) is 5.75 Å². The maximum Gasteiger partial charge on any atom is 0.255 e. The standard InChI is InChI=1S/C19H20N4O2/c1-12-13(2)25-18-14(12)6-5-7-15(18)19(24)20-10-9-17-22-21-16-8-3-4-11-23(16)17/h3-8,11-13H,9-10H2,1-2H3,(H,20,24). The fourth-order valence-electron chi connectivity index (χ4n) is 3.21. The first kappa shape index (κ1) is 15.6. The summed E-state index contributed by atoms with van der Waals surface area (Å²) < 4.78 is 7.82. The molecule has 0 bridgehead atoms. The average Bonchev–Trinajstić information content (AvgIpc) is 3.16. The minimum absolute atomic E-state index is 0.0892. The summed E-state index contributed by atoms with van der Waals surface area (Å²) in [5.41, 5.74) is 2.50. The van der Waals surface area contributed by atoms with E-state index in [0.29, 0.717) is 30.2 Å². The van der Waals surface area contributed by atoms with E-state index in [1.165, 1.54) is 0 Å². The van der Waals surface area contributed by atoms with Crippen molar-refractivity contribution in [1.29, 1.82) is 0 Å². The molecule has 3 aromatic rings. The van der Waals surface area contributed by atoms with E-state index in [-0.39, 0.29) is 12.0 Å². The molecule has 1 amide bonds. The van der Waals surface area contributed by atoms with Crippen molar-refractivity contribution in [2.45, 2.75) is 32.3 Å². The topological polar surface area (TPSA) is 68.5 Å². The first-order chi connectivity index (χ1) is 12.1. The molecule has 4 rings (SSSR count). The summed E-state index contributed by atoms with van der Waals surface area (Å²) in [4.78, 5) is 12.6. The number of carbonyl (C=O) groups is 1. The number of benzene rings is 1. The van der Waals surface area contributed by atoms with Gasteiger partial charge in [-0.05, 0) is 25.1 Å². The zero-order valence-corrected chi connectivity index (χ0v) is 14.3. The van der Waals surface area contributed by atoms with E-state index in [1.807, 2.05) is 53.9 Å². The Morgan fingerprint density at radius 3 is 2.96 bits per heavy atom. The molecule has 1 aliphatic heterocycles. The normalized spacial score (nSPS) is 18.8. The lowest BCUT2D eigenvalue weighted by molar-refractivity contribution is 0.0949. The molecule has 0 aliphatic carbocycles. The van der Waals surface area contributed by atoms with Crippen molar-refractivity contribution in [3.05, 3.63) is 59.5 Å².